The van der Waals surface area contributed by atoms with Crippen molar-refractivity contribution < 1.29 is 197 Å². The number of amides is 4. The van der Waals surface area contributed by atoms with Gasteiger partial charge in [-0.3, -0.25) is 37.4 Å². The summed E-state index contributed by atoms with van der Waals surface area (Å²) in [5.41, 5.74) is -8.17. The zero-order chi connectivity index (χ0) is 96.7. The Balaban J connectivity index is 1.05. The molecule has 0 bridgehead atoms. The molecule has 0 aromatic heterocycles. The van der Waals surface area contributed by atoms with Crippen molar-refractivity contribution in [1.29, 1.82) is 0 Å². The number of hydrogen-bond donors (Lipinski definition) is 4. The number of imide groups is 2. The van der Waals surface area contributed by atoms with Crippen molar-refractivity contribution in [2.75, 3.05) is 9.80 Å². The van der Waals surface area contributed by atoms with Crippen molar-refractivity contribution >= 4 is 119 Å². The molecular formula is C84H30F20N2O24S4. The van der Waals surface area contributed by atoms with E-state index in [1.165, 1.54) is 0 Å². The lowest BCUT2D eigenvalue weighted by molar-refractivity contribution is 0.0876. The first-order valence-electron chi connectivity index (χ1n) is 36.2. The third kappa shape index (κ3) is 14.8. The maximum absolute atomic E-state index is 16.7. The van der Waals surface area contributed by atoms with E-state index in [0.29, 0.717) is 109 Å². The zero-order valence-electron chi connectivity index (χ0n) is 64.1. The topological polar surface area (TPSA) is 366 Å². The highest BCUT2D eigenvalue weighted by molar-refractivity contribution is 7.86. The minimum absolute atomic E-state index is 0.301. The Morgan fingerprint density at radius 1 is 0.201 bits per heavy atom. The van der Waals surface area contributed by atoms with E-state index in [0.717, 1.165) is 48.5 Å². The Morgan fingerprint density at radius 2 is 0.366 bits per heavy atom. The van der Waals surface area contributed by atoms with Gasteiger partial charge in [0, 0.05) is 43.1 Å². The number of rotatable bonds is 22. The van der Waals surface area contributed by atoms with Crippen molar-refractivity contribution in [3.63, 3.8) is 0 Å². The average Bonchev–Trinajstić information content (AvgIpc) is 0.666. The zero-order valence-corrected chi connectivity index (χ0v) is 67.3. The monoisotopic (exact) mass is 1960 g/mol. The predicted molar refractivity (Wildman–Crippen MR) is 413 cm³/mol. The first-order chi connectivity index (χ1) is 63.0. The van der Waals surface area contributed by atoms with Crippen molar-refractivity contribution in [3.8, 4) is 92.0 Å². The molecule has 0 aliphatic carbocycles. The Morgan fingerprint density at radius 3 is 0.530 bits per heavy atom. The van der Waals surface area contributed by atoms with Gasteiger partial charge in [-0.25, -0.2) is 62.5 Å². The molecular weight excluding hydrogens is 1930 g/mol. The minimum atomic E-state index is -5.25. The van der Waals surface area contributed by atoms with Crippen LogP contribution in [0.15, 0.2) is 177 Å². The molecule has 134 heavy (non-hydrogen) atoms. The fourth-order valence-corrected chi connectivity index (χ4v) is 16.3. The summed E-state index contributed by atoms with van der Waals surface area (Å²) in [4.78, 5) is 62.2. The van der Waals surface area contributed by atoms with E-state index in [2.05, 4.69) is 0 Å². The smallest absolute Gasteiger partial charge is 0.294 e. The molecule has 0 radical (unpaired) electrons. The first kappa shape index (κ1) is 90.5. The van der Waals surface area contributed by atoms with Crippen LogP contribution in [0, 0.1) is 116 Å². The highest BCUT2D eigenvalue weighted by atomic mass is 32.2. The molecule has 50 heteroatoms. The fraction of sp³-hybridized carbons (Fsp3) is 0. The highest BCUT2D eigenvalue weighted by Gasteiger charge is 2.47. The van der Waals surface area contributed by atoms with Gasteiger partial charge in [-0.05, 0) is 146 Å². The van der Waals surface area contributed by atoms with Gasteiger partial charge in [0.05, 0.1) is 41.8 Å². The van der Waals surface area contributed by atoms with Crippen LogP contribution in [0.1, 0.15) is 41.4 Å². The van der Waals surface area contributed by atoms with Gasteiger partial charge < -0.3 is 37.9 Å². The molecule has 26 nitrogen and oxygen atoms in total. The molecule has 2 aliphatic heterocycles. The SMILES string of the molecule is O=C1c2cc(Oc3ccc(S(=O)(=O)O)cc3)c3c4c(Oc5ccc(S(=O)(=O)O)cc5)cc5c6c(cc(Oc7ccc(S(=O)(=O)O)cc7)c(c7c(Oc8ccc(S(=O)(=O)O)cc8)cc(c2c37)C(=O)N1c1c(Oc2c(F)c(F)c(F)c(F)c2F)cccc1Oc1c(F)c(F)c(F)c(F)c1F)c64)C(=O)N(c1c(Oc2c(F)c(F)c(F)c(F)c2F)cccc1Oc1c(F)c(F)c(F)c(F)c1F)C5=O. The molecule has 2 aliphatic rings. The summed E-state index contributed by atoms with van der Waals surface area (Å²) in [5.74, 6) is -88.4. The maximum Gasteiger partial charge on any atom is 0.294 e. The molecule has 0 fully saturated rings. The Bertz CT molecular complexity index is 7290. The molecule has 15 aromatic carbocycles. The summed E-state index contributed by atoms with van der Waals surface area (Å²) in [6.07, 6.45) is 0. The van der Waals surface area contributed by atoms with Crippen LogP contribution in [-0.2, 0) is 40.5 Å². The molecule has 684 valence electrons. The minimum Gasteiger partial charge on any atom is -0.457 e. The maximum atomic E-state index is 16.7. The molecule has 17 rings (SSSR count). The molecule has 0 saturated heterocycles. The van der Waals surface area contributed by atoms with Crippen LogP contribution in [0.3, 0.4) is 0 Å². The predicted octanol–water partition coefficient (Wildman–Crippen LogP) is 21.4. The lowest BCUT2D eigenvalue weighted by Crippen LogP contribution is -2.41. The van der Waals surface area contributed by atoms with E-state index in [9.17, 15) is 69.4 Å². The molecule has 4 N–H and O–H groups in total. The number of carbonyl (C=O) groups excluding carboxylic acids is 4. The number of hydrogen-bond acceptors (Lipinski definition) is 20. The van der Waals surface area contributed by atoms with Crippen molar-refractivity contribution in [1.82, 2.24) is 0 Å². The summed E-state index contributed by atoms with van der Waals surface area (Å²) >= 11 is 0. The van der Waals surface area contributed by atoms with Gasteiger partial charge in [0.25, 0.3) is 64.1 Å². The lowest BCUT2D eigenvalue weighted by atomic mass is 9.80. The molecule has 15 aromatic rings. The van der Waals surface area contributed by atoms with Crippen molar-refractivity contribution in [2.24, 2.45) is 0 Å². The number of benzene rings is 15. The Hall–Kier alpha value is -15.5. The second-order valence-electron chi connectivity index (χ2n) is 28.0. The van der Waals surface area contributed by atoms with Crippen LogP contribution < -0.4 is 47.7 Å². The van der Waals surface area contributed by atoms with Crippen LogP contribution in [-0.4, -0.2) is 75.5 Å². The molecule has 0 atom stereocenters. The van der Waals surface area contributed by atoms with Crippen LogP contribution in [0.25, 0.3) is 43.1 Å². The van der Waals surface area contributed by atoms with Gasteiger partial charge in [0.15, 0.2) is 23.0 Å². The summed E-state index contributed by atoms with van der Waals surface area (Å²) in [5, 5.41) is -7.10. The number of nitrogens with zero attached hydrogens (tertiary/aromatic N) is 2. The van der Waals surface area contributed by atoms with E-state index >= 15 is 89.4 Å². The summed E-state index contributed by atoms with van der Waals surface area (Å²) in [6, 6.07) is 15.5. The number of halogens is 20. The van der Waals surface area contributed by atoms with Crippen molar-refractivity contribution in [2.45, 2.75) is 19.6 Å². The molecule has 4 amide bonds. The lowest BCUT2D eigenvalue weighted by Gasteiger charge is -2.33. The van der Waals surface area contributed by atoms with Gasteiger partial charge in [0.1, 0.15) is 57.4 Å². The second-order valence-corrected chi connectivity index (χ2v) is 33.7. The summed E-state index contributed by atoms with van der Waals surface area (Å²) in [6.45, 7) is 0. The second kappa shape index (κ2) is 32.2. The molecule has 2 heterocycles. The van der Waals surface area contributed by atoms with E-state index in [4.69, 9.17) is 37.9 Å². The van der Waals surface area contributed by atoms with E-state index < -0.39 is 369 Å². The average molecular weight is 1960 g/mol. The molecule has 0 unspecified atom stereocenters. The van der Waals surface area contributed by atoms with Gasteiger partial charge >= 0.3 is 0 Å². The first-order valence-corrected chi connectivity index (χ1v) is 41.9. The van der Waals surface area contributed by atoms with Crippen LogP contribution in [0.5, 0.6) is 92.0 Å². The summed E-state index contributed by atoms with van der Waals surface area (Å²) in [7, 11) is -21.0. The van der Waals surface area contributed by atoms with E-state index in [1.807, 2.05) is 0 Å². The Kier molecular flexibility index (Phi) is 21.8. The van der Waals surface area contributed by atoms with Gasteiger partial charge in [0.2, 0.25) is 139 Å². The molecule has 0 spiro atoms. The number of para-hydroxylation sites is 2. The number of anilines is 2. The number of ether oxygens (including phenoxy) is 8. The van der Waals surface area contributed by atoms with Gasteiger partial charge in [-0.2, -0.15) is 68.8 Å². The highest BCUT2D eigenvalue weighted by Crippen LogP contribution is 2.61. The number of fused-ring (bicyclic) bond motifs is 2. The third-order valence-electron chi connectivity index (χ3n) is 20.2. The quantitative estimate of drug-likeness (QED) is 0.00931. The van der Waals surface area contributed by atoms with Gasteiger partial charge in [-0.15, -0.1) is 0 Å². The summed E-state index contributed by atoms with van der Waals surface area (Å²) < 4.78 is 499. The van der Waals surface area contributed by atoms with Crippen molar-refractivity contribution in [3.05, 3.63) is 296 Å². The molecule has 0 saturated carbocycles. The van der Waals surface area contributed by atoms with E-state index in [-0.39, 0.29) is 9.80 Å². The van der Waals surface area contributed by atoms with Crippen LogP contribution >= 0.6 is 0 Å². The third-order valence-corrected chi connectivity index (χ3v) is 23.7. The van der Waals surface area contributed by atoms with Crippen LogP contribution in [0.4, 0.5) is 99.2 Å². The van der Waals surface area contributed by atoms with E-state index in [1.54, 1.807) is 0 Å². The normalized spacial score (nSPS) is 13.0. The Labute approximate surface area is 729 Å². The van der Waals surface area contributed by atoms with Crippen LogP contribution in [0.2, 0.25) is 0 Å². The standard InChI is InChI=1S/C84H30F20N2O24S4/c85-55-59(89)67(97)77(68(98)60(55)90)127-39-3-1-4-40(128-78-69(99)61(91)56(86)62(92)70(78)100)75(39)105-81(107)35-23-43(123-27-7-15-31(16-8-27)131(111,112)113)49-51-45(125-29-11-19-33(20-12-29)133(117,118)119)25-37-48-38(84(110)106(83(37)109)76-41(129-79-71(101)63(93)57(87)64(94)72(79)102)5-2-6-42(76)130-80-73(103)65(95)58(88)66(96)74(80)104)26-46(126-30-13-21-34(22-14-30)134(120,121)122)52(54(48)51)50-44(24-36(82(105)108)47(35)53(49)50)124-28-9-17-32(18-10-28)132(114,115)116/h1-26H,(H,111,112,113)(H,114,115,116)(H,117,118,119)(H,120,121,122). The fourth-order valence-electron chi connectivity index (χ4n) is 14.4. The number of carbonyl (C=O) groups is 4. The largest absolute Gasteiger partial charge is 0.457 e. The van der Waals surface area contributed by atoms with Gasteiger partial charge in [-0.1, -0.05) is 12.1 Å².